The number of hydrogen-bond donors (Lipinski definition) is 0. The van der Waals surface area contributed by atoms with E-state index in [0.717, 1.165) is 0 Å². The normalized spacial score (nSPS) is 10.5. The fraction of sp³-hybridized carbons (Fsp3) is 0.333. The van der Waals surface area contributed by atoms with Gasteiger partial charge in [-0.05, 0) is 50.9 Å². The van der Waals surface area contributed by atoms with Crippen molar-refractivity contribution in [2.75, 3.05) is 6.61 Å². The van der Waals surface area contributed by atoms with E-state index in [0.29, 0.717) is 0 Å². The highest BCUT2D eigenvalue weighted by Crippen LogP contribution is 2.37. The van der Waals surface area contributed by atoms with Crippen LogP contribution in [0.2, 0.25) is 0 Å². The molecule has 0 unspecified atom stereocenters. The van der Waals surface area contributed by atoms with Crippen LogP contribution in [0.25, 0.3) is 0 Å². The van der Waals surface area contributed by atoms with Gasteiger partial charge in [-0.3, -0.25) is 9.59 Å². The average molecular weight is 416 g/mol. The Balaban J connectivity index is 3.01. The topological polar surface area (TPSA) is 52.6 Å². The first-order valence-electron chi connectivity index (χ1n) is 5.48. The molecular formula is C12H10Br2F2O4. The second kappa shape index (κ2) is 7.68. The molecule has 0 aromatic heterocycles. The van der Waals surface area contributed by atoms with E-state index in [2.05, 4.69) is 41.3 Å². The minimum atomic E-state index is -3.03. The first-order valence-corrected chi connectivity index (χ1v) is 7.07. The van der Waals surface area contributed by atoms with Gasteiger partial charge in [0.15, 0.2) is 11.5 Å². The second-order valence-corrected chi connectivity index (χ2v) is 5.17. The highest BCUT2D eigenvalue weighted by molar-refractivity contribution is 9.11. The van der Waals surface area contributed by atoms with E-state index in [1.165, 1.54) is 12.1 Å². The lowest BCUT2D eigenvalue weighted by Crippen LogP contribution is -2.12. The van der Waals surface area contributed by atoms with E-state index in [-0.39, 0.29) is 26.9 Å². The number of hydrogen-bond acceptors (Lipinski definition) is 4. The Bertz CT molecular complexity index is 520. The van der Waals surface area contributed by atoms with Crippen LogP contribution >= 0.6 is 31.9 Å². The van der Waals surface area contributed by atoms with Gasteiger partial charge in [-0.15, -0.1) is 0 Å². The smallest absolute Gasteiger partial charge is 0.387 e. The van der Waals surface area contributed by atoms with E-state index in [1.807, 2.05) is 0 Å². The van der Waals surface area contributed by atoms with Gasteiger partial charge in [0.05, 0.1) is 15.6 Å². The summed E-state index contributed by atoms with van der Waals surface area (Å²) in [6, 6.07) is 2.79. The van der Waals surface area contributed by atoms with E-state index in [1.54, 1.807) is 6.92 Å². The monoisotopic (exact) mass is 414 g/mol. The molecule has 0 N–H and O–H groups in total. The van der Waals surface area contributed by atoms with Gasteiger partial charge < -0.3 is 9.47 Å². The van der Waals surface area contributed by atoms with Crippen LogP contribution in [0.1, 0.15) is 23.7 Å². The quantitative estimate of drug-likeness (QED) is 0.401. The Hall–Kier alpha value is -1.02. The number of esters is 1. The molecule has 0 heterocycles. The minimum absolute atomic E-state index is 0.0569. The molecule has 1 aromatic rings. The summed E-state index contributed by atoms with van der Waals surface area (Å²) in [6.07, 6.45) is -0.470. The number of Topliss-reactive ketones (excluding diaryl/α,β-unsaturated/α-hetero) is 1. The van der Waals surface area contributed by atoms with Crippen LogP contribution in [0.15, 0.2) is 21.1 Å². The number of halogens is 4. The van der Waals surface area contributed by atoms with Crippen LogP contribution in [0, 0.1) is 0 Å². The van der Waals surface area contributed by atoms with Crippen LogP contribution in [0.3, 0.4) is 0 Å². The summed E-state index contributed by atoms with van der Waals surface area (Å²) < 4.78 is 33.9. The zero-order chi connectivity index (χ0) is 15.3. The van der Waals surface area contributed by atoms with E-state index < -0.39 is 24.8 Å². The largest absolute Gasteiger partial charge is 0.466 e. The number of alkyl halides is 2. The lowest BCUT2D eigenvalue weighted by atomic mass is 10.1. The molecule has 4 nitrogen and oxygen atoms in total. The maximum atomic E-state index is 12.3. The summed E-state index contributed by atoms with van der Waals surface area (Å²) in [7, 11) is 0. The number of ether oxygens (including phenoxy) is 2. The second-order valence-electron chi connectivity index (χ2n) is 3.52. The molecule has 0 aliphatic heterocycles. The average Bonchev–Trinajstić information content (AvgIpc) is 2.34. The summed E-state index contributed by atoms with van der Waals surface area (Å²) in [5, 5.41) is 0. The van der Waals surface area contributed by atoms with Gasteiger partial charge in [-0.2, -0.15) is 8.78 Å². The van der Waals surface area contributed by atoms with Gasteiger partial charge in [0.25, 0.3) is 0 Å². The zero-order valence-corrected chi connectivity index (χ0v) is 13.5. The Labute approximate surface area is 130 Å². The molecule has 0 fully saturated rings. The van der Waals surface area contributed by atoms with Crippen molar-refractivity contribution in [1.82, 2.24) is 0 Å². The van der Waals surface area contributed by atoms with Crippen molar-refractivity contribution in [2.45, 2.75) is 20.0 Å². The third kappa shape index (κ3) is 4.52. The molecule has 0 amide bonds. The summed E-state index contributed by atoms with van der Waals surface area (Å²) >= 11 is 6.07. The van der Waals surface area contributed by atoms with Gasteiger partial charge in [-0.1, -0.05) is 0 Å². The molecule has 1 aromatic carbocycles. The van der Waals surface area contributed by atoms with Crippen LogP contribution in [0.4, 0.5) is 8.78 Å². The fourth-order valence-electron chi connectivity index (χ4n) is 1.38. The molecule has 110 valence electrons. The first kappa shape index (κ1) is 17.0. The van der Waals surface area contributed by atoms with Gasteiger partial charge in [-0.25, -0.2) is 0 Å². The van der Waals surface area contributed by atoms with Crippen molar-refractivity contribution in [3.63, 3.8) is 0 Å². The van der Waals surface area contributed by atoms with Crippen molar-refractivity contribution in [3.05, 3.63) is 26.6 Å². The Kier molecular flexibility index (Phi) is 6.54. The molecule has 0 spiro atoms. The van der Waals surface area contributed by atoms with Crippen molar-refractivity contribution < 1.29 is 27.8 Å². The molecule has 20 heavy (non-hydrogen) atoms. The van der Waals surface area contributed by atoms with Crippen LogP contribution in [0.5, 0.6) is 5.75 Å². The molecule has 1 rings (SSSR count). The Morgan fingerprint density at radius 3 is 2.50 bits per heavy atom. The minimum Gasteiger partial charge on any atom is -0.466 e. The van der Waals surface area contributed by atoms with E-state index in [9.17, 15) is 18.4 Å². The molecule has 0 saturated heterocycles. The third-order valence-electron chi connectivity index (χ3n) is 2.17. The molecular weight excluding hydrogens is 406 g/mol. The molecule has 0 saturated carbocycles. The van der Waals surface area contributed by atoms with Gasteiger partial charge >= 0.3 is 12.6 Å². The highest BCUT2D eigenvalue weighted by atomic mass is 79.9. The van der Waals surface area contributed by atoms with E-state index >= 15 is 0 Å². The number of rotatable bonds is 6. The lowest BCUT2D eigenvalue weighted by Gasteiger charge is -2.12. The van der Waals surface area contributed by atoms with Crippen molar-refractivity contribution in [2.24, 2.45) is 0 Å². The van der Waals surface area contributed by atoms with Gasteiger partial charge in [0.2, 0.25) is 0 Å². The predicted octanol–water partition coefficient (Wildman–Crippen LogP) is 3.95. The molecule has 0 bridgehead atoms. The molecule has 8 heteroatoms. The maximum absolute atomic E-state index is 12.3. The summed E-state index contributed by atoms with van der Waals surface area (Å²) in [4.78, 5) is 23.2. The highest BCUT2D eigenvalue weighted by Gasteiger charge is 2.21. The Morgan fingerprint density at radius 1 is 1.30 bits per heavy atom. The molecule has 0 radical (unpaired) electrons. The number of carbonyl (C=O) groups excluding carboxylic acids is 2. The first-order chi connectivity index (χ1) is 9.36. The predicted molar refractivity (Wildman–Crippen MR) is 74.1 cm³/mol. The zero-order valence-electron chi connectivity index (χ0n) is 10.3. The van der Waals surface area contributed by atoms with Gasteiger partial charge in [0, 0.05) is 5.56 Å². The van der Waals surface area contributed by atoms with E-state index in [4.69, 9.17) is 0 Å². The SMILES string of the molecule is CCOC(=O)CC(=O)c1ccc(Br)c(OC(F)F)c1Br. The fourth-order valence-corrected chi connectivity index (χ4v) is 2.73. The standard InChI is InChI=1S/C12H10Br2F2O4/c1-2-19-9(18)5-8(17)6-3-4-7(13)11(10(6)14)20-12(15)16/h3-4,12H,2,5H2,1H3. The number of ketones is 1. The third-order valence-corrected chi connectivity index (χ3v) is 3.58. The van der Waals surface area contributed by atoms with Crippen LogP contribution in [-0.2, 0) is 9.53 Å². The number of carbonyl (C=O) groups is 2. The lowest BCUT2D eigenvalue weighted by molar-refractivity contribution is -0.141. The summed E-state index contributed by atoms with van der Waals surface area (Å²) in [6.45, 7) is -1.25. The Morgan fingerprint density at radius 2 is 1.95 bits per heavy atom. The van der Waals surface area contributed by atoms with Crippen LogP contribution < -0.4 is 4.74 Å². The van der Waals surface area contributed by atoms with Crippen molar-refractivity contribution in [1.29, 1.82) is 0 Å². The van der Waals surface area contributed by atoms with Crippen molar-refractivity contribution >= 4 is 43.6 Å². The molecule has 0 aliphatic rings. The maximum Gasteiger partial charge on any atom is 0.387 e. The number of benzene rings is 1. The van der Waals surface area contributed by atoms with Crippen molar-refractivity contribution in [3.8, 4) is 5.75 Å². The molecule has 0 aliphatic carbocycles. The van der Waals surface area contributed by atoms with Crippen LogP contribution in [-0.4, -0.2) is 25.0 Å². The summed E-state index contributed by atoms with van der Waals surface area (Å²) in [5.41, 5.74) is 0.0666. The van der Waals surface area contributed by atoms with Gasteiger partial charge in [0.1, 0.15) is 6.42 Å². The summed E-state index contributed by atoms with van der Waals surface area (Å²) in [5.74, 6) is -1.43. The molecule has 0 atom stereocenters.